The Hall–Kier alpha value is -0.860. The van der Waals surface area contributed by atoms with Crippen molar-refractivity contribution in [3.05, 3.63) is 35.4 Å². The molecule has 0 radical (unpaired) electrons. The quantitative estimate of drug-likeness (QED) is 0.856. The van der Waals surface area contributed by atoms with Gasteiger partial charge in [-0.3, -0.25) is 4.90 Å². The number of nitrogens with one attached hydrogen (secondary N) is 1. The van der Waals surface area contributed by atoms with E-state index in [1.807, 2.05) is 0 Å². The van der Waals surface area contributed by atoms with Crippen molar-refractivity contribution in [2.45, 2.75) is 51.2 Å². The minimum Gasteiger partial charge on any atom is -0.309 e. The van der Waals surface area contributed by atoms with Crippen molar-refractivity contribution in [1.82, 2.24) is 10.2 Å². The maximum atomic E-state index is 3.74. The van der Waals surface area contributed by atoms with E-state index in [1.165, 1.54) is 43.5 Å². The van der Waals surface area contributed by atoms with Crippen LogP contribution in [-0.4, -0.2) is 30.1 Å². The van der Waals surface area contributed by atoms with Gasteiger partial charge < -0.3 is 5.32 Å². The lowest BCUT2D eigenvalue weighted by atomic mass is 10.1. The molecule has 1 unspecified atom stereocenters. The monoisotopic (exact) mass is 244 g/mol. The van der Waals surface area contributed by atoms with Crippen LogP contribution in [0.5, 0.6) is 0 Å². The summed E-state index contributed by atoms with van der Waals surface area (Å²) in [5, 5.41) is 3.74. The number of hydrogen-bond acceptors (Lipinski definition) is 2. The van der Waals surface area contributed by atoms with Gasteiger partial charge in [0.2, 0.25) is 0 Å². The van der Waals surface area contributed by atoms with Crippen LogP contribution in [0, 0.1) is 0 Å². The van der Waals surface area contributed by atoms with E-state index in [0.29, 0.717) is 6.04 Å². The molecule has 2 nitrogen and oxygen atoms in total. The van der Waals surface area contributed by atoms with E-state index in [2.05, 4.69) is 41.4 Å². The van der Waals surface area contributed by atoms with Crippen molar-refractivity contribution < 1.29 is 0 Å². The van der Waals surface area contributed by atoms with Crippen LogP contribution in [0.15, 0.2) is 24.3 Å². The van der Waals surface area contributed by atoms with Crippen LogP contribution in [0.4, 0.5) is 0 Å². The summed E-state index contributed by atoms with van der Waals surface area (Å²) >= 11 is 0. The number of benzene rings is 1. The summed E-state index contributed by atoms with van der Waals surface area (Å²) < 4.78 is 0. The van der Waals surface area contributed by atoms with Crippen LogP contribution in [0.2, 0.25) is 0 Å². The van der Waals surface area contributed by atoms with E-state index in [4.69, 9.17) is 0 Å². The maximum absolute atomic E-state index is 3.74. The van der Waals surface area contributed by atoms with Crippen LogP contribution >= 0.6 is 0 Å². The zero-order valence-corrected chi connectivity index (χ0v) is 11.4. The first kappa shape index (κ1) is 12.2. The highest BCUT2D eigenvalue weighted by Crippen LogP contribution is 2.29. The van der Waals surface area contributed by atoms with Gasteiger partial charge in [-0.25, -0.2) is 0 Å². The summed E-state index contributed by atoms with van der Waals surface area (Å²) in [5.74, 6) is 0. The minimum absolute atomic E-state index is 0.704. The molecular formula is C16H24N2. The van der Waals surface area contributed by atoms with E-state index in [9.17, 15) is 0 Å². The highest BCUT2D eigenvalue weighted by atomic mass is 15.2. The van der Waals surface area contributed by atoms with Crippen molar-refractivity contribution in [3.63, 3.8) is 0 Å². The summed E-state index contributed by atoms with van der Waals surface area (Å²) in [6.07, 6.45) is 5.33. The van der Waals surface area contributed by atoms with Gasteiger partial charge in [0.25, 0.3) is 0 Å². The van der Waals surface area contributed by atoms with Crippen LogP contribution in [-0.2, 0) is 13.0 Å². The molecule has 1 aromatic carbocycles. The Morgan fingerprint density at radius 2 is 1.94 bits per heavy atom. The Balaban J connectivity index is 1.51. The van der Waals surface area contributed by atoms with E-state index >= 15 is 0 Å². The predicted octanol–water partition coefficient (Wildman–Crippen LogP) is 2.58. The number of rotatable bonds is 5. The second-order valence-electron chi connectivity index (χ2n) is 5.71. The first-order valence-electron chi connectivity index (χ1n) is 7.41. The summed E-state index contributed by atoms with van der Waals surface area (Å²) in [6, 6.07) is 10.4. The first-order valence-corrected chi connectivity index (χ1v) is 7.41. The average molecular weight is 244 g/mol. The molecule has 1 atom stereocenters. The molecule has 2 heteroatoms. The zero-order valence-electron chi connectivity index (χ0n) is 11.4. The van der Waals surface area contributed by atoms with Crippen molar-refractivity contribution in [1.29, 1.82) is 0 Å². The molecule has 1 heterocycles. The van der Waals surface area contributed by atoms with Gasteiger partial charge >= 0.3 is 0 Å². The molecule has 3 rings (SSSR count). The van der Waals surface area contributed by atoms with Gasteiger partial charge in [0, 0.05) is 31.7 Å². The maximum Gasteiger partial charge on any atom is 0.0211 e. The summed E-state index contributed by atoms with van der Waals surface area (Å²) in [6.45, 7) is 5.84. The van der Waals surface area contributed by atoms with E-state index < -0.39 is 0 Å². The Morgan fingerprint density at radius 3 is 2.67 bits per heavy atom. The van der Waals surface area contributed by atoms with Gasteiger partial charge in [0.1, 0.15) is 0 Å². The molecule has 1 saturated carbocycles. The number of aryl methyl sites for hydroxylation is 1. The lowest BCUT2D eigenvalue weighted by molar-refractivity contribution is 0.317. The van der Waals surface area contributed by atoms with Gasteiger partial charge in [-0.05, 0) is 36.8 Å². The predicted molar refractivity (Wildman–Crippen MR) is 75.7 cm³/mol. The molecule has 1 aromatic rings. The summed E-state index contributed by atoms with van der Waals surface area (Å²) in [5.41, 5.74) is 2.96. The Labute approximate surface area is 110 Å². The number of nitrogens with zero attached hydrogens (tertiary/aromatic N) is 1. The largest absolute Gasteiger partial charge is 0.309 e. The molecule has 1 aliphatic heterocycles. The Bertz CT molecular complexity index is 398. The third-order valence-corrected chi connectivity index (χ3v) is 4.36. The smallest absolute Gasteiger partial charge is 0.0211 e. The zero-order chi connectivity index (χ0) is 12.4. The van der Waals surface area contributed by atoms with Crippen LogP contribution < -0.4 is 5.32 Å². The fourth-order valence-electron chi connectivity index (χ4n) is 3.05. The molecule has 98 valence electrons. The van der Waals surface area contributed by atoms with Crippen LogP contribution in [0.25, 0.3) is 0 Å². The lowest BCUT2D eigenvalue weighted by Crippen LogP contribution is -2.33. The Kier molecular flexibility index (Phi) is 3.67. The molecule has 18 heavy (non-hydrogen) atoms. The third kappa shape index (κ3) is 2.76. The van der Waals surface area contributed by atoms with E-state index in [0.717, 1.165) is 19.0 Å². The average Bonchev–Trinajstić information content (AvgIpc) is 3.16. The Morgan fingerprint density at radius 1 is 1.17 bits per heavy atom. The molecular weight excluding hydrogens is 220 g/mol. The topological polar surface area (TPSA) is 15.3 Å². The minimum atomic E-state index is 0.704. The van der Waals surface area contributed by atoms with Gasteiger partial charge in [0.15, 0.2) is 0 Å². The van der Waals surface area contributed by atoms with Gasteiger partial charge in [-0.1, -0.05) is 31.2 Å². The molecule has 0 spiro atoms. The number of hydrogen-bond donors (Lipinski definition) is 1. The molecule has 2 fully saturated rings. The molecule has 1 N–H and O–H groups in total. The first-order chi connectivity index (χ1) is 8.86. The van der Waals surface area contributed by atoms with Crippen molar-refractivity contribution >= 4 is 0 Å². The highest BCUT2D eigenvalue weighted by Gasteiger charge is 2.33. The van der Waals surface area contributed by atoms with Gasteiger partial charge in [0.05, 0.1) is 0 Å². The standard InChI is InChI=1S/C16H24N2/c1-2-13-5-3-4-6-14(13)11-17-15-9-10-18(12-15)16-7-8-16/h3-6,15-17H,2,7-12H2,1H3. The fourth-order valence-corrected chi connectivity index (χ4v) is 3.05. The van der Waals surface area contributed by atoms with Crippen molar-refractivity contribution in [3.8, 4) is 0 Å². The highest BCUT2D eigenvalue weighted by molar-refractivity contribution is 5.26. The van der Waals surface area contributed by atoms with Crippen LogP contribution in [0.3, 0.4) is 0 Å². The molecule has 1 aliphatic carbocycles. The second-order valence-corrected chi connectivity index (χ2v) is 5.71. The SMILES string of the molecule is CCc1ccccc1CNC1CCN(C2CC2)C1. The molecule has 1 saturated heterocycles. The van der Waals surface area contributed by atoms with Gasteiger partial charge in [-0.15, -0.1) is 0 Å². The third-order valence-electron chi connectivity index (χ3n) is 4.36. The summed E-state index contributed by atoms with van der Waals surface area (Å²) in [4.78, 5) is 2.67. The second kappa shape index (κ2) is 5.41. The molecule has 0 amide bonds. The van der Waals surface area contributed by atoms with E-state index in [-0.39, 0.29) is 0 Å². The summed E-state index contributed by atoms with van der Waals surface area (Å²) in [7, 11) is 0. The molecule has 0 aromatic heterocycles. The fraction of sp³-hybridized carbons (Fsp3) is 0.625. The van der Waals surface area contributed by atoms with Crippen molar-refractivity contribution in [2.24, 2.45) is 0 Å². The van der Waals surface area contributed by atoms with Crippen molar-refractivity contribution in [2.75, 3.05) is 13.1 Å². The normalized spacial score (nSPS) is 24.6. The van der Waals surface area contributed by atoms with E-state index in [1.54, 1.807) is 0 Å². The number of likely N-dealkylation sites (tertiary alicyclic amines) is 1. The lowest BCUT2D eigenvalue weighted by Gasteiger charge is -2.16. The van der Waals surface area contributed by atoms with Crippen LogP contribution in [0.1, 0.15) is 37.3 Å². The molecule has 2 aliphatic rings. The van der Waals surface area contributed by atoms with Gasteiger partial charge in [-0.2, -0.15) is 0 Å². The molecule has 0 bridgehead atoms.